The van der Waals surface area contributed by atoms with Crippen LogP contribution in [0.3, 0.4) is 0 Å². The average molecular weight is 283 g/mol. The van der Waals surface area contributed by atoms with Gasteiger partial charge in [0.1, 0.15) is 0 Å². The van der Waals surface area contributed by atoms with E-state index in [1.54, 1.807) is 0 Å². The molecule has 2 unspecified atom stereocenters. The third kappa shape index (κ3) is 3.93. The number of nitrogens with zero attached hydrogens (tertiary/aromatic N) is 2. The number of ether oxygens (including phenoxy) is 1. The van der Waals surface area contributed by atoms with Crippen molar-refractivity contribution in [2.75, 3.05) is 46.4 Å². The molecule has 2 fully saturated rings. The SMILES string of the molecule is COC(=O)CN1CCN(C(=O)C2CC(C)CCN2)CC1. The van der Waals surface area contributed by atoms with Crippen LogP contribution in [0.2, 0.25) is 0 Å². The monoisotopic (exact) mass is 283 g/mol. The van der Waals surface area contributed by atoms with E-state index < -0.39 is 0 Å². The molecule has 2 aliphatic heterocycles. The lowest BCUT2D eigenvalue weighted by Crippen LogP contribution is -2.56. The van der Waals surface area contributed by atoms with Gasteiger partial charge >= 0.3 is 5.97 Å². The lowest BCUT2D eigenvalue weighted by Gasteiger charge is -2.37. The molecule has 20 heavy (non-hydrogen) atoms. The number of esters is 1. The third-order valence-corrected chi connectivity index (χ3v) is 4.23. The fourth-order valence-corrected chi connectivity index (χ4v) is 2.89. The van der Waals surface area contributed by atoms with Gasteiger partial charge in [-0.25, -0.2) is 0 Å². The van der Waals surface area contributed by atoms with Gasteiger partial charge in [0, 0.05) is 26.2 Å². The van der Waals surface area contributed by atoms with Gasteiger partial charge in [-0.2, -0.15) is 0 Å². The zero-order chi connectivity index (χ0) is 14.5. The van der Waals surface area contributed by atoms with Crippen LogP contribution >= 0.6 is 0 Å². The van der Waals surface area contributed by atoms with E-state index >= 15 is 0 Å². The first-order chi connectivity index (χ1) is 9.60. The van der Waals surface area contributed by atoms with E-state index in [0.717, 1.165) is 32.5 Å². The molecule has 2 atom stereocenters. The lowest BCUT2D eigenvalue weighted by molar-refractivity contribution is -0.143. The fourth-order valence-electron chi connectivity index (χ4n) is 2.89. The minimum atomic E-state index is -0.215. The summed E-state index contributed by atoms with van der Waals surface area (Å²) in [6, 6.07) is -0.0223. The Hall–Kier alpha value is -1.14. The smallest absolute Gasteiger partial charge is 0.319 e. The molecule has 2 heterocycles. The van der Waals surface area contributed by atoms with Crippen LogP contribution in [0.5, 0.6) is 0 Å². The largest absolute Gasteiger partial charge is 0.468 e. The second-order valence-corrected chi connectivity index (χ2v) is 5.81. The second kappa shape index (κ2) is 7.04. The van der Waals surface area contributed by atoms with Crippen molar-refractivity contribution in [2.24, 2.45) is 5.92 Å². The molecule has 2 aliphatic rings. The summed E-state index contributed by atoms with van der Waals surface area (Å²) in [7, 11) is 1.40. The fraction of sp³-hybridized carbons (Fsp3) is 0.857. The zero-order valence-corrected chi connectivity index (χ0v) is 12.4. The lowest BCUT2D eigenvalue weighted by atomic mass is 9.93. The molecule has 2 saturated heterocycles. The highest BCUT2D eigenvalue weighted by molar-refractivity contribution is 5.82. The van der Waals surface area contributed by atoms with Gasteiger partial charge < -0.3 is 15.0 Å². The Labute approximate surface area is 120 Å². The van der Waals surface area contributed by atoms with Gasteiger partial charge in [-0.3, -0.25) is 14.5 Å². The number of piperidine rings is 1. The van der Waals surface area contributed by atoms with Crippen LogP contribution < -0.4 is 5.32 Å². The van der Waals surface area contributed by atoms with Crippen molar-refractivity contribution in [3.8, 4) is 0 Å². The van der Waals surface area contributed by atoms with E-state index in [0.29, 0.717) is 25.6 Å². The van der Waals surface area contributed by atoms with Gasteiger partial charge in [-0.05, 0) is 25.3 Å². The molecule has 0 aromatic carbocycles. The highest BCUT2D eigenvalue weighted by Gasteiger charge is 2.30. The van der Waals surface area contributed by atoms with Crippen molar-refractivity contribution < 1.29 is 14.3 Å². The van der Waals surface area contributed by atoms with E-state index in [4.69, 9.17) is 0 Å². The minimum absolute atomic E-state index is 0.0223. The van der Waals surface area contributed by atoms with Crippen molar-refractivity contribution in [1.82, 2.24) is 15.1 Å². The van der Waals surface area contributed by atoms with E-state index in [1.807, 2.05) is 9.80 Å². The van der Waals surface area contributed by atoms with Crippen LogP contribution in [0.4, 0.5) is 0 Å². The summed E-state index contributed by atoms with van der Waals surface area (Å²) in [6.07, 6.45) is 2.08. The Morgan fingerprint density at radius 3 is 2.55 bits per heavy atom. The maximum atomic E-state index is 12.4. The quantitative estimate of drug-likeness (QED) is 0.720. The molecule has 2 rings (SSSR count). The molecule has 1 amide bonds. The van der Waals surface area contributed by atoms with Crippen LogP contribution in [0.15, 0.2) is 0 Å². The predicted octanol–water partition coefficient (Wildman–Crippen LogP) is -0.308. The van der Waals surface area contributed by atoms with Crippen molar-refractivity contribution >= 4 is 11.9 Å². The molecule has 6 nitrogen and oxygen atoms in total. The van der Waals surface area contributed by atoms with Crippen LogP contribution in [-0.4, -0.2) is 74.1 Å². The van der Waals surface area contributed by atoms with Gasteiger partial charge in [-0.1, -0.05) is 6.92 Å². The Balaban J connectivity index is 1.78. The summed E-state index contributed by atoms with van der Waals surface area (Å²) in [6.45, 7) is 6.32. The van der Waals surface area contributed by atoms with E-state index in [1.165, 1.54) is 7.11 Å². The van der Waals surface area contributed by atoms with Gasteiger partial charge in [0.15, 0.2) is 0 Å². The molecule has 0 aliphatic carbocycles. The van der Waals surface area contributed by atoms with E-state index in [-0.39, 0.29) is 17.9 Å². The van der Waals surface area contributed by atoms with E-state index in [9.17, 15) is 9.59 Å². The van der Waals surface area contributed by atoms with Gasteiger partial charge in [-0.15, -0.1) is 0 Å². The Bertz CT molecular complexity index is 354. The maximum absolute atomic E-state index is 12.4. The van der Waals surface area contributed by atoms with E-state index in [2.05, 4.69) is 17.0 Å². The predicted molar refractivity (Wildman–Crippen MR) is 75.2 cm³/mol. The second-order valence-electron chi connectivity index (χ2n) is 5.81. The topological polar surface area (TPSA) is 61.9 Å². The normalized spacial score (nSPS) is 28.2. The summed E-state index contributed by atoms with van der Waals surface area (Å²) < 4.78 is 4.66. The molecular formula is C14H25N3O3. The molecule has 0 aromatic rings. The van der Waals surface area contributed by atoms with Gasteiger partial charge in [0.2, 0.25) is 5.91 Å². The first-order valence-electron chi connectivity index (χ1n) is 7.41. The number of carbonyl (C=O) groups is 2. The number of amides is 1. The molecule has 0 bridgehead atoms. The molecular weight excluding hydrogens is 258 g/mol. The molecule has 0 spiro atoms. The van der Waals surface area contributed by atoms with Crippen LogP contribution in [-0.2, 0) is 14.3 Å². The molecule has 0 saturated carbocycles. The van der Waals surface area contributed by atoms with Gasteiger partial charge in [0.25, 0.3) is 0 Å². The number of rotatable bonds is 3. The highest BCUT2D eigenvalue weighted by atomic mass is 16.5. The number of nitrogens with one attached hydrogen (secondary N) is 1. The third-order valence-electron chi connectivity index (χ3n) is 4.23. The number of hydrogen-bond acceptors (Lipinski definition) is 5. The zero-order valence-electron chi connectivity index (χ0n) is 12.4. The summed E-state index contributed by atoms with van der Waals surface area (Å²) in [4.78, 5) is 27.6. The molecule has 6 heteroatoms. The molecule has 1 N–H and O–H groups in total. The molecule has 114 valence electrons. The summed E-state index contributed by atoms with van der Waals surface area (Å²) in [5.74, 6) is 0.618. The van der Waals surface area contributed by atoms with Crippen molar-refractivity contribution in [3.63, 3.8) is 0 Å². The van der Waals surface area contributed by atoms with Crippen molar-refractivity contribution in [3.05, 3.63) is 0 Å². The number of carbonyl (C=O) groups excluding carboxylic acids is 2. The maximum Gasteiger partial charge on any atom is 0.319 e. The summed E-state index contributed by atoms with van der Waals surface area (Å²) in [5, 5.41) is 3.32. The van der Waals surface area contributed by atoms with Crippen LogP contribution in [0.25, 0.3) is 0 Å². The van der Waals surface area contributed by atoms with Crippen LogP contribution in [0.1, 0.15) is 19.8 Å². The van der Waals surface area contributed by atoms with Gasteiger partial charge in [0.05, 0.1) is 19.7 Å². The number of piperazine rings is 1. The van der Waals surface area contributed by atoms with Crippen LogP contribution in [0, 0.1) is 5.92 Å². The number of methoxy groups -OCH3 is 1. The van der Waals surface area contributed by atoms with Crippen molar-refractivity contribution in [2.45, 2.75) is 25.8 Å². The highest BCUT2D eigenvalue weighted by Crippen LogP contribution is 2.17. The minimum Gasteiger partial charge on any atom is -0.468 e. The Morgan fingerprint density at radius 1 is 1.25 bits per heavy atom. The molecule has 0 aromatic heterocycles. The summed E-state index contributed by atoms with van der Waals surface area (Å²) in [5.41, 5.74) is 0. The standard InChI is InChI=1S/C14H25N3O3/c1-11-3-4-15-12(9-11)14(19)17-7-5-16(6-8-17)10-13(18)20-2/h11-12,15H,3-10H2,1-2H3. The molecule has 0 radical (unpaired) electrons. The Morgan fingerprint density at radius 2 is 1.95 bits per heavy atom. The summed E-state index contributed by atoms with van der Waals surface area (Å²) >= 11 is 0. The van der Waals surface area contributed by atoms with Crippen molar-refractivity contribution in [1.29, 1.82) is 0 Å². The number of hydrogen-bond donors (Lipinski definition) is 1. The Kier molecular flexibility index (Phi) is 5.37. The average Bonchev–Trinajstić information content (AvgIpc) is 2.47. The first-order valence-corrected chi connectivity index (χ1v) is 7.41. The first kappa shape index (κ1) is 15.3.